The fourth-order valence-electron chi connectivity index (χ4n) is 4.26. The maximum absolute atomic E-state index is 13.2. The molecule has 2 aromatic carbocycles. The first-order valence-electron chi connectivity index (χ1n) is 11.6. The van der Waals surface area contributed by atoms with Gasteiger partial charge in [0.15, 0.2) is 0 Å². The first-order valence-corrected chi connectivity index (χ1v) is 14.5. The predicted octanol–water partition coefficient (Wildman–Crippen LogP) is 3.92. The normalized spacial score (nSPS) is 15.6. The molecule has 34 heavy (non-hydrogen) atoms. The van der Waals surface area contributed by atoms with Crippen LogP contribution in [0.5, 0.6) is 0 Å². The molecule has 186 valence electrons. The number of hydrogen-bond acceptors (Lipinski definition) is 5. The SMILES string of the molecule is CCN(CC)S(=O)(=O)c1cccc(NC(=O)c2cccc(S(=O)(=O)N(C)C3CCCCC3)c2)c1. The summed E-state index contributed by atoms with van der Waals surface area (Å²) in [6, 6.07) is 11.9. The number of rotatable bonds is 9. The van der Waals surface area contributed by atoms with Gasteiger partial charge in [0, 0.05) is 37.4 Å². The molecule has 1 saturated carbocycles. The van der Waals surface area contributed by atoms with Crippen molar-refractivity contribution in [2.24, 2.45) is 0 Å². The standard InChI is InChI=1S/C24H33N3O5S2/c1-4-27(5-2)34(31,32)23-16-10-12-20(18-23)25-24(28)19-11-9-15-22(17-19)33(29,30)26(3)21-13-7-6-8-14-21/h9-12,15-18,21H,4-8,13-14H2,1-3H3,(H,25,28). The Morgan fingerprint density at radius 3 is 2.09 bits per heavy atom. The summed E-state index contributed by atoms with van der Waals surface area (Å²) in [5.74, 6) is -0.519. The van der Waals surface area contributed by atoms with E-state index < -0.39 is 26.0 Å². The van der Waals surface area contributed by atoms with Crippen LogP contribution in [-0.2, 0) is 20.0 Å². The molecule has 0 radical (unpaired) electrons. The van der Waals surface area contributed by atoms with Crippen LogP contribution in [-0.4, -0.2) is 57.5 Å². The quantitative estimate of drug-likeness (QED) is 0.554. The molecule has 0 aliphatic heterocycles. The maximum atomic E-state index is 13.2. The van der Waals surface area contributed by atoms with E-state index >= 15 is 0 Å². The summed E-state index contributed by atoms with van der Waals surface area (Å²) in [7, 11) is -5.82. The minimum atomic E-state index is -3.74. The highest BCUT2D eigenvalue weighted by molar-refractivity contribution is 7.89. The van der Waals surface area contributed by atoms with Crippen molar-refractivity contribution in [1.29, 1.82) is 0 Å². The second kappa shape index (κ2) is 11.0. The van der Waals surface area contributed by atoms with Gasteiger partial charge in [-0.05, 0) is 49.2 Å². The van der Waals surface area contributed by atoms with E-state index in [1.165, 1.54) is 45.0 Å². The molecule has 0 heterocycles. The van der Waals surface area contributed by atoms with Crippen molar-refractivity contribution in [2.75, 3.05) is 25.5 Å². The molecule has 0 saturated heterocycles. The van der Waals surface area contributed by atoms with E-state index in [4.69, 9.17) is 0 Å². The van der Waals surface area contributed by atoms with Crippen molar-refractivity contribution in [3.8, 4) is 0 Å². The Hall–Kier alpha value is -2.27. The number of nitrogens with one attached hydrogen (secondary N) is 1. The molecule has 3 rings (SSSR count). The summed E-state index contributed by atoms with van der Waals surface area (Å²) in [5.41, 5.74) is 0.487. The highest BCUT2D eigenvalue weighted by atomic mass is 32.2. The second-order valence-electron chi connectivity index (χ2n) is 8.41. The molecule has 1 fully saturated rings. The van der Waals surface area contributed by atoms with E-state index in [2.05, 4.69) is 5.32 Å². The van der Waals surface area contributed by atoms with Crippen LogP contribution in [0.3, 0.4) is 0 Å². The summed E-state index contributed by atoms with van der Waals surface area (Å²) in [4.78, 5) is 13.0. The fourth-order valence-corrected chi connectivity index (χ4v) is 7.22. The Kier molecular flexibility index (Phi) is 8.51. The predicted molar refractivity (Wildman–Crippen MR) is 133 cm³/mol. The van der Waals surface area contributed by atoms with Gasteiger partial charge in [-0.3, -0.25) is 4.79 Å². The van der Waals surface area contributed by atoms with Crippen LogP contribution in [0.1, 0.15) is 56.3 Å². The van der Waals surface area contributed by atoms with Crippen molar-refractivity contribution in [3.63, 3.8) is 0 Å². The lowest BCUT2D eigenvalue weighted by atomic mass is 9.96. The number of amides is 1. The van der Waals surface area contributed by atoms with E-state index in [0.717, 1.165) is 32.1 Å². The number of nitrogens with zero attached hydrogens (tertiary/aromatic N) is 2. The van der Waals surface area contributed by atoms with Gasteiger partial charge in [0.05, 0.1) is 9.79 Å². The third kappa shape index (κ3) is 5.68. The minimum absolute atomic E-state index is 0.0354. The molecule has 0 aromatic heterocycles. The average Bonchev–Trinajstić information content (AvgIpc) is 2.85. The molecule has 0 bridgehead atoms. The van der Waals surface area contributed by atoms with Gasteiger partial charge in [-0.25, -0.2) is 16.8 Å². The summed E-state index contributed by atoms with van der Waals surface area (Å²) in [6.07, 6.45) is 4.81. The van der Waals surface area contributed by atoms with E-state index in [1.54, 1.807) is 33.0 Å². The van der Waals surface area contributed by atoms with Gasteiger partial charge in [0.1, 0.15) is 0 Å². The van der Waals surface area contributed by atoms with Gasteiger partial charge in [0.25, 0.3) is 5.91 Å². The van der Waals surface area contributed by atoms with Gasteiger partial charge in [-0.1, -0.05) is 45.2 Å². The number of benzene rings is 2. The first-order chi connectivity index (χ1) is 16.1. The molecule has 0 atom stereocenters. The Morgan fingerprint density at radius 2 is 1.47 bits per heavy atom. The van der Waals surface area contributed by atoms with Crippen LogP contribution >= 0.6 is 0 Å². The smallest absolute Gasteiger partial charge is 0.255 e. The lowest BCUT2D eigenvalue weighted by Gasteiger charge is -2.30. The molecule has 1 aliphatic carbocycles. The molecular weight excluding hydrogens is 474 g/mol. The molecule has 1 N–H and O–H groups in total. The van der Waals surface area contributed by atoms with Gasteiger partial charge in [-0.15, -0.1) is 0 Å². The molecule has 0 spiro atoms. The van der Waals surface area contributed by atoms with Crippen LogP contribution in [0.25, 0.3) is 0 Å². The van der Waals surface area contributed by atoms with Gasteiger partial charge in [-0.2, -0.15) is 8.61 Å². The van der Waals surface area contributed by atoms with Crippen LogP contribution in [0.2, 0.25) is 0 Å². The Morgan fingerprint density at radius 1 is 0.882 bits per heavy atom. The van der Waals surface area contributed by atoms with E-state index in [9.17, 15) is 21.6 Å². The topological polar surface area (TPSA) is 104 Å². The van der Waals surface area contributed by atoms with Crippen LogP contribution in [0.4, 0.5) is 5.69 Å². The number of carbonyl (C=O) groups excluding carboxylic acids is 1. The van der Waals surface area contributed by atoms with E-state index in [-0.39, 0.29) is 21.4 Å². The minimum Gasteiger partial charge on any atom is -0.322 e. The van der Waals surface area contributed by atoms with Gasteiger partial charge in [0.2, 0.25) is 20.0 Å². The summed E-state index contributed by atoms with van der Waals surface area (Å²) >= 11 is 0. The van der Waals surface area contributed by atoms with Gasteiger partial charge >= 0.3 is 0 Å². The molecule has 10 heteroatoms. The molecular formula is C24H33N3O5S2. The summed E-state index contributed by atoms with van der Waals surface area (Å²) in [5, 5.41) is 2.69. The highest BCUT2D eigenvalue weighted by Crippen LogP contribution is 2.27. The molecule has 8 nitrogen and oxygen atoms in total. The zero-order valence-electron chi connectivity index (χ0n) is 19.9. The van der Waals surface area contributed by atoms with E-state index in [0.29, 0.717) is 18.8 Å². The second-order valence-corrected chi connectivity index (χ2v) is 12.3. The van der Waals surface area contributed by atoms with Crippen LogP contribution < -0.4 is 5.32 Å². The highest BCUT2D eigenvalue weighted by Gasteiger charge is 2.29. The summed E-state index contributed by atoms with van der Waals surface area (Å²) < 4.78 is 54.7. The maximum Gasteiger partial charge on any atom is 0.255 e. The van der Waals surface area contributed by atoms with Crippen molar-refractivity contribution in [2.45, 2.75) is 61.8 Å². The number of sulfonamides is 2. The Bertz CT molecular complexity index is 1220. The van der Waals surface area contributed by atoms with Crippen molar-refractivity contribution in [3.05, 3.63) is 54.1 Å². The van der Waals surface area contributed by atoms with E-state index in [1.807, 2.05) is 0 Å². The first kappa shape index (κ1) is 26.3. The molecule has 1 amide bonds. The van der Waals surface area contributed by atoms with Crippen molar-refractivity contribution in [1.82, 2.24) is 8.61 Å². The largest absolute Gasteiger partial charge is 0.322 e. The van der Waals surface area contributed by atoms with Crippen LogP contribution in [0, 0.1) is 0 Å². The Balaban J connectivity index is 1.81. The van der Waals surface area contributed by atoms with Crippen LogP contribution in [0.15, 0.2) is 58.3 Å². The third-order valence-corrected chi connectivity index (χ3v) is 10.2. The third-order valence-electron chi connectivity index (χ3n) is 6.30. The fraction of sp³-hybridized carbons (Fsp3) is 0.458. The van der Waals surface area contributed by atoms with Gasteiger partial charge < -0.3 is 5.32 Å². The Labute approximate surface area is 203 Å². The summed E-state index contributed by atoms with van der Waals surface area (Å²) in [6.45, 7) is 4.21. The number of anilines is 1. The number of carbonyl (C=O) groups is 1. The molecule has 1 aliphatic rings. The van der Waals surface area contributed by atoms with Crippen molar-refractivity contribution >= 4 is 31.6 Å². The monoisotopic (exact) mass is 507 g/mol. The molecule has 2 aromatic rings. The molecule has 0 unspecified atom stereocenters. The average molecular weight is 508 g/mol. The lowest BCUT2D eigenvalue weighted by molar-refractivity contribution is 0.102. The zero-order chi connectivity index (χ0) is 24.9. The lowest BCUT2D eigenvalue weighted by Crippen LogP contribution is -2.38. The number of hydrogen-bond donors (Lipinski definition) is 1. The van der Waals surface area contributed by atoms with Crippen molar-refractivity contribution < 1.29 is 21.6 Å². The zero-order valence-corrected chi connectivity index (χ0v) is 21.5.